The SMILES string of the molecule is CCNCc1cc(S(=O)(=O)N2CC=CCC2)ccc1Cl. The van der Waals surface area contributed by atoms with Crippen LogP contribution in [0.2, 0.25) is 5.02 Å². The summed E-state index contributed by atoms with van der Waals surface area (Å²) in [6.45, 7) is 4.34. The third-order valence-electron chi connectivity index (χ3n) is 3.24. The van der Waals surface area contributed by atoms with Crippen LogP contribution in [0.15, 0.2) is 35.2 Å². The summed E-state index contributed by atoms with van der Waals surface area (Å²) in [6, 6.07) is 4.89. The van der Waals surface area contributed by atoms with Crippen molar-refractivity contribution in [2.24, 2.45) is 0 Å². The van der Waals surface area contributed by atoms with Gasteiger partial charge in [-0.2, -0.15) is 4.31 Å². The van der Waals surface area contributed by atoms with Crippen molar-refractivity contribution in [1.82, 2.24) is 9.62 Å². The minimum Gasteiger partial charge on any atom is -0.313 e. The molecule has 1 N–H and O–H groups in total. The van der Waals surface area contributed by atoms with Gasteiger partial charge in [0.15, 0.2) is 0 Å². The van der Waals surface area contributed by atoms with Crippen molar-refractivity contribution in [1.29, 1.82) is 0 Å². The molecule has 1 heterocycles. The Labute approximate surface area is 125 Å². The Balaban J connectivity index is 2.29. The Bertz CT molecular complexity index is 599. The van der Waals surface area contributed by atoms with Crippen LogP contribution in [0.5, 0.6) is 0 Å². The van der Waals surface area contributed by atoms with E-state index in [1.165, 1.54) is 4.31 Å². The van der Waals surface area contributed by atoms with Gasteiger partial charge < -0.3 is 5.32 Å². The summed E-state index contributed by atoms with van der Waals surface area (Å²) in [4.78, 5) is 0.310. The molecule has 0 aliphatic carbocycles. The molecule has 2 rings (SSSR count). The van der Waals surface area contributed by atoms with Crippen LogP contribution in [0.1, 0.15) is 18.9 Å². The first kappa shape index (κ1) is 15.5. The standard InChI is InChI=1S/C14H19ClN2O2S/c1-2-16-11-12-10-13(6-7-14(12)15)20(18,19)17-8-4-3-5-9-17/h3-4,6-7,10,16H,2,5,8-9,11H2,1H3. The number of nitrogens with zero attached hydrogens (tertiary/aromatic N) is 1. The lowest BCUT2D eigenvalue weighted by atomic mass is 10.2. The van der Waals surface area contributed by atoms with Crippen LogP contribution < -0.4 is 5.32 Å². The summed E-state index contributed by atoms with van der Waals surface area (Å²) in [7, 11) is -3.43. The van der Waals surface area contributed by atoms with E-state index < -0.39 is 10.0 Å². The van der Waals surface area contributed by atoms with Crippen LogP contribution in [-0.2, 0) is 16.6 Å². The van der Waals surface area contributed by atoms with E-state index in [1.54, 1.807) is 18.2 Å². The number of hydrogen-bond donors (Lipinski definition) is 1. The van der Waals surface area contributed by atoms with Crippen LogP contribution in [0.4, 0.5) is 0 Å². The van der Waals surface area contributed by atoms with E-state index in [9.17, 15) is 8.42 Å². The largest absolute Gasteiger partial charge is 0.313 e. The zero-order valence-electron chi connectivity index (χ0n) is 11.5. The highest BCUT2D eigenvalue weighted by atomic mass is 35.5. The predicted molar refractivity (Wildman–Crippen MR) is 81.3 cm³/mol. The molecule has 0 spiro atoms. The monoisotopic (exact) mass is 314 g/mol. The van der Waals surface area contributed by atoms with E-state index in [4.69, 9.17) is 11.6 Å². The lowest BCUT2D eigenvalue weighted by Crippen LogP contribution is -2.33. The van der Waals surface area contributed by atoms with Crippen LogP contribution in [0.25, 0.3) is 0 Å². The molecule has 0 aromatic heterocycles. The lowest BCUT2D eigenvalue weighted by molar-refractivity contribution is 0.437. The number of sulfonamides is 1. The Kier molecular flexibility index (Phi) is 5.21. The summed E-state index contributed by atoms with van der Waals surface area (Å²) in [5.74, 6) is 0. The summed E-state index contributed by atoms with van der Waals surface area (Å²) in [5, 5.41) is 3.75. The Hall–Kier alpha value is -0.880. The molecule has 1 aliphatic rings. The Morgan fingerprint density at radius 2 is 2.15 bits per heavy atom. The first-order chi connectivity index (χ1) is 9.55. The maximum absolute atomic E-state index is 12.6. The van der Waals surface area contributed by atoms with Crippen LogP contribution in [-0.4, -0.2) is 32.4 Å². The minimum absolute atomic E-state index is 0.310. The van der Waals surface area contributed by atoms with E-state index in [-0.39, 0.29) is 0 Å². The first-order valence-corrected chi connectivity index (χ1v) is 8.52. The van der Waals surface area contributed by atoms with Crippen LogP contribution in [0, 0.1) is 0 Å². The van der Waals surface area contributed by atoms with E-state index in [2.05, 4.69) is 5.32 Å². The smallest absolute Gasteiger partial charge is 0.243 e. The Morgan fingerprint density at radius 1 is 1.35 bits per heavy atom. The van der Waals surface area contributed by atoms with Gasteiger partial charge in [0.1, 0.15) is 0 Å². The maximum atomic E-state index is 12.6. The molecule has 4 nitrogen and oxygen atoms in total. The molecule has 1 aromatic carbocycles. The number of halogens is 1. The molecule has 0 atom stereocenters. The number of hydrogen-bond acceptors (Lipinski definition) is 3. The van der Waals surface area contributed by atoms with E-state index in [0.29, 0.717) is 29.6 Å². The summed E-state index contributed by atoms with van der Waals surface area (Å²) >= 11 is 6.11. The van der Waals surface area contributed by atoms with Gasteiger partial charge in [-0.05, 0) is 36.7 Å². The van der Waals surface area contributed by atoms with Gasteiger partial charge in [0.25, 0.3) is 0 Å². The summed E-state index contributed by atoms with van der Waals surface area (Å²) < 4.78 is 26.6. The predicted octanol–water partition coefficient (Wildman–Crippen LogP) is 2.40. The number of rotatable bonds is 5. The third-order valence-corrected chi connectivity index (χ3v) is 5.47. The molecular formula is C14H19ClN2O2S. The van der Waals surface area contributed by atoms with Gasteiger partial charge in [-0.15, -0.1) is 0 Å². The van der Waals surface area contributed by atoms with Crippen molar-refractivity contribution in [3.63, 3.8) is 0 Å². The quantitative estimate of drug-likeness (QED) is 0.849. The minimum atomic E-state index is -3.43. The molecule has 1 aromatic rings. The second-order valence-electron chi connectivity index (χ2n) is 4.66. The maximum Gasteiger partial charge on any atom is 0.243 e. The summed E-state index contributed by atoms with van der Waals surface area (Å²) in [6.07, 6.45) is 4.65. The summed E-state index contributed by atoms with van der Waals surface area (Å²) in [5.41, 5.74) is 0.808. The van der Waals surface area contributed by atoms with Gasteiger partial charge in [0.05, 0.1) is 4.90 Å². The molecule has 0 radical (unpaired) electrons. The molecule has 0 fully saturated rings. The molecule has 20 heavy (non-hydrogen) atoms. The second-order valence-corrected chi connectivity index (χ2v) is 7.00. The van der Waals surface area contributed by atoms with Crippen LogP contribution >= 0.6 is 11.6 Å². The molecule has 0 amide bonds. The fourth-order valence-corrected chi connectivity index (χ4v) is 3.74. The van der Waals surface area contributed by atoms with Gasteiger partial charge in [0, 0.05) is 24.7 Å². The average Bonchev–Trinajstić information content (AvgIpc) is 2.47. The molecule has 0 bridgehead atoms. The topological polar surface area (TPSA) is 49.4 Å². The van der Waals surface area contributed by atoms with Gasteiger partial charge in [0.2, 0.25) is 10.0 Å². The highest BCUT2D eigenvalue weighted by Gasteiger charge is 2.24. The van der Waals surface area contributed by atoms with Gasteiger partial charge in [-0.3, -0.25) is 0 Å². The molecule has 0 saturated carbocycles. The molecule has 1 aliphatic heterocycles. The van der Waals surface area contributed by atoms with E-state index >= 15 is 0 Å². The van der Waals surface area contributed by atoms with Crippen LogP contribution in [0.3, 0.4) is 0 Å². The second kappa shape index (κ2) is 6.72. The van der Waals surface area contributed by atoms with Gasteiger partial charge in [-0.1, -0.05) is 30.7 Å². The van der Waals surface area contributed by atoms with Gasteiger partial charge >= 0.3 is 0 Å². The highest BCUT2D eigenvalue weighted by Crippen LogP contribution is 2.24. The Morgan fingerprint density at radius 3 is 2.80 bits per heavy atom. The van der Waals surface area contributed by atoms with Crippen molar-refractivity contribution in [3.8, 4) is 0 Å². The van der Waals surface area contributed by atoms with Gasteiger partial charge in [-0.25, -0.2) is 8.42 Å². The fourth-order valence-electron chi connectivity index (χ4n) is 2.09. The molecule has 0 unspecified atom stereocenters. The first-order valence-electron chi connectivity index (χ1n) is 6.70. The van der Waals surface area contributed by atoms with E-state index in [1.807, 2.05) is 19.1 Å². The number of benzene rings is 1. The molecule has 6 heteroatoms. The third kappa shape index (κ3) is 3.41. The number of nitrogens with one attached hydrogen (secondary N) is 1. The zero-order valence-corrected chi connectivity index (χ0v) is 13.0. The van der Waals surface area contributed by atoms with Crippen molar-refractivity contribution < 1.29 is 8.42 Å². The van der Waals surface area contributed by atoms with Crippen molar-refractivity contribution >= 4 is 21.6 Å². The van der Waals surface area contributed by atoms with Crippen molar-refractivity contribution in [2.45, 2.75) is 24.8 Å². The molecule has 110 valence electrons. The normalized spacial score (nSPS) is 16.5. The average molecular weight is 315 g/mol. The molecule has 0 saturated heterocycles. The zero-order chi connectivity index (χ0) is 14.6. The van der Waals surface area contributed by atoms with Crippen molar-refractivity contribution in [3.05, 3.63) is 40.9 Å². The lowest BCUT2D eigenvalue weighted by Gasteiger charge is -2.23. The van der Waals surface area contributed by atoms with Crippen molar-refractivity contribution in [2.75, 3.05) is 19.6 Å². The highest BCUT2D eigenvalue weighted by molar-refractivity contribution is 7.89. The fraction of sp³-hybridized carbons (Fsp3) is 0.429. The molecular weight excluding hydrogens is 296 g/mol. The van der Waals surface area contributed by atoms with E-state index in [0.717, 1.165) is 18.5 Å².